The molecule has 2 heterocycles. The number of nitrogens with zero attached hydrogens (tertiary/aromatic N) is 1. The number of hydrogen-bond acceptors (Lipinski definition) is 3. The Bertz CT molecular complexity index is 386. The van der Waals surface area contributed by atoms with Gasteiger partial charge in [0.2, 0.25) is 0 Å². The summed E-state index contributed by atoms with van der Waals surface area (Å²) >= 11 is 3.61. The van der Waals surface area contributed by atoms with E-state index in [-0.39, 0.29) is 5.54 Å². The van der Waals surface area contributed by atoms with Crippen LogP contribution in [0.1, 0.15) is 32.8 Å². The van der Waals surface area contributed by atoms with Gasteiger partial charge in [0, 0.05) is 11.3 Å². The normalized spacial score (nSPS) is 28.3. The van der Waals surface area contributed by atoms with E-state index in [1.807, 2.05) is 11.8 Å². The number of thioether (sulfide) groups is 1. The molecule has 0 amide bonds. The first-order valence-electron chi connectivity index (χ1n) is 6.11. The Balaban J connectivity index is 1.92. The molecular formula is C13H20N2S2. The van der Waals surface area contributed by atoms with Gasteiger partial charge in [0.25, 0.3) is 0 Å². The van der Waals surface area contributed by atoms with E-state index in [4.69, 9.17) is 4.99 Å². The van der Waals surface area contributed by atoms with E-state index in [1.54, 1.807) is 11.3 Å². The fourth-order valence-corrected chi connectivity index (χ4v) is 3.80. The van der Waals surface area contributed by atoms with Crippen LogP contribution in [0.2, 0.25) is 0 Å². The van der Waals surface area contributed by atoms with E-state index in [0.717, 1.165) is 23.8 Å². The summed E-state index contributed by atoms with van der Waals surface area (Å²) in [4.78, 5) is 4.77. The number of amidine groups is 1. The fourth-order valence-electron chi connectivity index (χ4n) is 1.81. The Kier molecular flexibility index (Phi) is 4.15. The van der Waals surface area contributed by atoms with Gasteiger partial charge in [-0.05, 0) is 49.1 Å². The SMILES string of the molecule is CCC1(C)CSC(=NC(C)Cc2ccsc2)N1. The van der Waals surface area contributed by atoms with E-state index in [1.165, 1.54) is 5.56 Å². The summed E-state index contributed by atoms with van der Waals surface area (Å²) in [5.41, 5.74) is 1.64. The zero-order valence-electron chi connectivity index (χ0n) is 10.7. The van der Waals surface area contributed by atoms with E-state index in [0.29, 0.717) is 6.04 Å². The van der Waals surface area contributed by atoms with Crippen LogP contribution in [0.5, 0.6) is 0 Å². The molecule has 1 aliphatic rings. The number of thiophene rings is 1. The number of hydrogen-bond donors (Lipinski definition) is 1. The molecule has 0 spiro atoms. The lowest BCUT2D eigenvalue weighted by atomic mass is 10.0. The lowest BCUT2D eigenvalue weighted by Gasteiger charge is -2.21. The zero-order chi connectivity index (χ0) is 12.3. The fraction of sp³-hybridized carbons (Fsp3) is 0.615. The Morgan fingerprint density at radius 1 is 1.59 bits per heavy atom. The van der Waals surface area contributed by atoms with Crippen LogP contribution in [0.25, 0.3) is 0 Å². The second-order valence-corrected chi connectivity index (χ2v) is 6.69. The van der Waals surface area contributed by atoms with Crippen molar-refractivity contribution in [3.05, 3.63) is 22.4 Å². The molecule has 2 unspecified atom stereocenters. The smallest absolute Gasteiger partial charge is 0.157 e. The summed E-state index contributed by atoms with van der Waals surface area (Å²) in [5, 5.41) is 9.01. The molecule has 0 saturated carbocycles. The summed E-state index contributed by atoms with van der Waals surface area (Å²) in [6, 6.07) is 2.55. The van der Waals surface area contributed by atoms with Gasteiger partial charge in [-0.1, -0.05) is 18.7 Å². The first kappa shape index (κ1) is 13.0. The van der Waals surface area contributed by atoms with Crippen LogP contribution < -0.4 is 5.32 Å². The highest BCUT2D eigenvalue weighted by atomic mass is 32.2. The minimum Gasteiger partial charge on any atom is -0.359 e. The molecule has 4 heteroatoms. The van der Waals surface area contributed by atoms with Crippen molar-refractivity contribution in [3.8, 4) is 0 Å². The Morgan fingerprint density at radius 2 is 2.41 bits per heavy atom. The van der Waals surface area contributed by atoms with Crippen LogP contribution in [-0.4, -0.2) is 22.5 Å². The Labute approximate surface area is 112 Å². The monoisotopic (exact) mass is 268 g/mol. The van der Waals surface area contributed by atoms with Crippen LogP contribution in [0, 0.1) is 0 Å². The zero-order valence-corrected chi connectivity index (χ0v) is 12.3. The second kappa shape index (κ2) is 5.44. The third-order valence-electron chi connectivity index (χ3n) is 3.17. The van der Waals surface area contributed by atoms with E-state index in [2.05, 4.69) is 42.9 Å². The van der Waals surface area contributed by atoms with Gasteiger partial charge in [-0.25, -0.2) is 0 Å². The van der Waals surface area contributed by atoms with Crippen molar-refractivity contribution in [3.63, 3.8) is 0 Å². The summed E-state index contributed by atoms with van der Waals surface area (Å²) < 4.78 is 0. The van der Waals surface area contributed by atoms with Crippen molar-refractivity contribution in [2.45, 2.75) is 45.2 Å². The quantitative estimate of drug-likeness (QED) is 0.903. The predicted molar refractivity (Wildman–Crippen MR) is 79.2 cm³/mol. The third kappa shape index (κ3) is 3.49. The van der Waals surface area contributed by atoms with Crippen LogP contribution in [0.15, 0.2) is 21.8 Å². The van der Waals surface area contributed by atoms with E-state index >= 15 is 0 Å². The maximum Gasteiger partial charge on any atom is 0.157 e. The average Bonchev–Trinajstić information content (AvgIpc) is 2.90. The lowest BCUT2D eigenvalue weighted by Crippen LogP contribution is -2.39. The molecule has 0 radical (unpaired) electrons. The molecule has 2 atom stereocenters. The van der Waals surface area contributed by atoms with E-state index < -0.39 is 0 Å². The molecule has 0 aromatic carbocycles. The molecule has 1 aromatic heterocycles. The predicted octanol–water partition coefficient (Wildman–Crippen LogP) is 3.54. The van der Waals surface area contributed by atoms with Gasteiger partial charge in [0.15, 0.2) is 5.17 Å². The maximum absolute atomic E-state index is 4.77. The van der Waals surface area contributed by atoms with Crippen molar-refractivity contribution in [1.29, 1.82) is 0 Å². The van der Waals surface area contributed by atoms with Crippen molar-refractivity contribution in [1.82, 2.24) is 5.32 Å². The summed E-state index contributed by atoms with van der Waals surface area (Å²) in [6.07, 6.45) is 2.19. The summed E-state index contributed by atoms with van der Waals surface area (Å²) in [6.45, 7) is 6.69. The van der Waals surface area contributed by atoms with Crippen molar-refractivity contribution >= 4 is 28.3 Å². The maximum atomic E-state index is 4.77. The molecular weight excluding hydrogens is 248 g/mol. The largest absolute Gasteiger partial charge is 0.359 e. The van der Waals surface area contributed by atoms with Crippen molar-refractivity contribution < 1.29 is 0 Å². The van der Waals surface area contributed by atoms with Crippen LogP contribution >= 0.6 is 23.1 Å². The molecule has 1 aliphatic heterocycles. The highest BCUT2D eigenvalue weighted by Crippen LogP contribution is 2.26. The highest BCUT2D eigenvalue weighted by Gasteiger charge is 2.30. The molecule has 1 fully saturated rings. The van der Waals surface area contributed by atoms with Crippen molar-refractivity contribution in [2.24, 2.45) is 4.99 Å². The molecule has 2 nitrogen and oxygen atoms in total. The van der Waals surface area contributed by atoms with Gasteiger partial charge in [0.1, 0.15) is 0 Å². The molecule has 17 heavy (non-hydrogen) atoms. The number of nitrogens with one attached hydrogen (secondary N) is 1. The van der Waals surface area contributed by atoms with Gasteiger partial charge >= 0.3 is 0 Å². The van der Waals surface area contributed by atoms with Gasteiger partial charge in [-0.3, -0.25) is 4.99 Å². The van der Waals surface area contributed by atoms with E-state index in [9.17, 15) is 0 Å². The molecule has 1 saturated heterocycles. The van der Waals surface area contributed by atoms with Crippen LogP contribution in [0.4, 0.5) is 0 Å². The standard InChI is InChI=1S/C13H20N2S2/c1-4-13(3)9-17-12(15-13)14-10(2)7-11-5-6-16-8-11/h5-6,8,10H,4,7,9H2,1-3H3,(H,14,15). The first-order valence-corrected chi connectivity index (χ1v) is 8.04. The summed E-state index contributed by atoms with van der Waals surface area (Å²) in [5.74, 6) is 1.13. The second-order valence-electron chi connectivity index (χ2n) is 4.95. The minimum absolute atomic E-state index is 0.242. The summed E-state index contributed by atoms with van der Waals surface area (Å²) in [7, 11) is 0. The number of rotatable bonds is 4. The first-order chi connectivity index (χ1) is 8.11. The molecule has 0 aliphatic carbocycles. The highest BCUT2D eigenvalue weighted by molar-refractivity contribution is 8.14. The molecule has 94 valence electrons. The molecule has 0 bridgehead atoms. The van der Waals surface area contributed by atoms with Gasteiger partial charge in [-0.2, -0.15) is 11.3 Å². The molecule has 2 rings (SSSR count). The minimum atomic E-state index is 0.242. The Hall–Kier alpha value is -0.480. The van der Waals surface area contributed by atoms with Crippen LogP contribution in [0.3, 0.4) is 0 Å². The molecule has 1 N–H and O–H groups in total. The van der Waals surface area contributed by atoms with Crippen molar-refractivity contribution in [2.75, 3.05) is 5.75 Å². The van der Waals surface area contributed by atoms with Gasteiger partial charge < -0.3 is 5.32 Å². The topological polar surface area (TPSA) is 24.4 Å². The van der Waals surface area contributed by atoms with Gasteiger partial charge in [-0.15, -0.1) is 0 Å². The third-order valence-corrected chi connectivity index (χ3v) is 5.16. The van der Waals surface area contributed by atoms with Crippen LogP contribution in [-0.2, 0) is 6.42 Å². The van der Waals surface area contributed by atoms with Gasteiger partial charge in [0.05, 0.1) is 6.04 Å². The lowest BCUT2D eigenvalue weighted by molar-refractivity contribution is 0.465. The average molecular weight is 268 g/mol. The number of aliphatic imine (C=N–C) groups is 1. The molecule has 1 aromatic rings. The Morgan fingerprint density at radius 3 is 3.00 bits per heavy atom.